The van der Waals surface area contributed by atoms with Crippen LogP contribution < -0.4 is 5.32 Å². The highest BCUT2D eigenvalue weighted by molar-refractivity contribution is 5.60. The number of hydrogen-bond acceptors (Lipinski definition) is 5. The molecule has 5 nitrogen and oxygen atoms in total. The number of hydrogen-bond donors (Lipinski definition) is 2. The Balaban J connectivity index is 1.47. The van der Waals surface area contributed by atoms with Gasteiger partial charge in [0.15, 0.2) is 0 Å². The van der Waals surface area contributed by atoms with Crippen molar-refractivity contribution < 1.29 is 5.11 Å². The summed E-state index contributed by atoms with van der Waals surface area (Å²) in [5.74, 6) is 0. The number of nitrogens with one attached hydrogen (secondary N) is 1. The molecule has 1 aromatic heterocycles. The molecule has 132 valence electrons. The molecular formula is C20H26N4O. The summed E-state index contributed by atoms with van der Waals surface area (Å²) in [6, 6.07) is 12.8. The van der Waals surface area contributed by atoms with E-state index in [0.717, 1.165) is 61.4 Å². The van der Waals surface area contributed by atoms with Gasteiger partial charge in [-0.15, -0.1) is 0 Å². The molecule has 0 spiro atoms. The Labute approximate surface area is 149 Å². The van der Waals surface area contributed by atoms with E-state index in [4.69, 9.17) is 0 Å². The Hall–Kier alpha value is -1.82. The summed E-state index contributed by atoms with van der Waals surface area (Å²) in [5.41, 5.74) is 3.23. The van der Waals surface area contributed by atoms with Gasteiger partial charge in [0.1, 0.15) is 0 Å². The van der Waals surface area contributed by atoms with E-state index in [1.807, 2.05) is 24.3 Å². The molecule has 1 unspecified atom stereocenters. The fourth-order valence-electron chi connectivity index (χ4n) is 3.77. The van der Waals surface area contributed by atoms with E-state index in [1.54, 1.807) is 0 Å². The van der Waals surface area contributed by atoms with Crippen LogP contribution in [0, 0.1) is 0 Å². The van der Waals surface area contributed by atoms with Crippen molar-refractivity contribution >= 4 is 0 Å². The van der Waals surface area contributed by atoms with Crippen molar-refractivity contribution in [2.75, 3.05) is 20.1 Å². The molecule has 2 fully saturated rings. The molecule has 2 aromatic rings. The van der Waals surface area contributed by atoms with Crippen LogP contribution in [-0.4, -0.2) is 46.4 Å². The maximum Gasteiger partial charge on any atom is 0.0929 e. The molecule has 5 heteroatoms. The Bertz CT molecular complexity index is 721. The third kappa shape index (κ3) is 3.45. The lowest BCUT2D eigenvalue weighted by molar-refractivity contribution is -0.0387. The standard InChI is InChI=1S/C20H26N4O/c1-24(18-8-11-21-13-18)14-17-6-7-19(23-22-17)15-4-2-5-16(12-15)20(25)9-3-10-20/h2,4-7,12,18,21,25H,3,8-11,13-14H2,1H3. The average Bonchev–Trinajstić information content (AvgIpc) is 3.15. The molecule has 2 heterocycles. The first-order valence-corrected chi connectivity index (χ1v) is 9.21. The van der Waals surface area contributed by atoms with E-state index >= 15 is 0 Å². The van der Waals surface area contributed by atoms with Crippen molar-refractivity contribution in [3.63, 3.8) is 0 Å². The van der Waals surface area contributed by atoms with Crippen LogP contribution in [0.15, 0.2) is 36.4 Å². The minimum Gasteiger partial charge on any atom is -0.385 e. The molecular weight excluding hydrogens is 312 g/mol. The van der Waals surface area contributed by atoms with Gasteiger partial charge >= 0.3 is 0 Å². The minimum atomic E-state index is -0.637. The SMILES string of the molecule is CN(Cc1ccc(-c2cccc(C3(O)CCC3)c2)nn1)C1CCNC1. The minimum absolute atomic E-state index is 0.585. The van der Waals surface area contributed by atoms with Gasteiger partial charge in [-0.3, -0.25) is 4.90 Å². The predicted molar refractivity (Wildman–Crippen MR) is 98.0 cm³/mol. The van der Waals surface area contributed by atoms with Crippen LogP contribution in [0.25, 0.3) is 11.3 Å². The van der Waals surface area contributed by atoms with Crippen molar-refractivity contribution in [2.24, 2.45) is 0 Å². The summed E-state index contributed by atoms with van der Waals surface area (Å²) in [5, 5.41) is 22.8. The van der Waals surface area contributed by atoms with Crippen LogP contribution in [0.2, 0.25) is 0 Å². The van der Waals surface area contributed by atoms with E-state index in [1.165, 1.54) is 6.42 Å². The molecule has 1 aromatic carbocycles. The second kappa shape index (κ2) is 6.83. The van der Waals surface area contributed by atoms with E-state index in [9.17, 15) is 5.11 Å². The van der Waals surface area contributed by atoms with Crippen molar-refractivity contribution in [1.82, 2.24) is 20.4 Å². The van der Waals surface area contributed by atoms with E-state index < -0.39 is 5.60 Å². The van der Waals surface area contributed by atoms with Gasteiger partial charge < -0.3 is 10.4 Å². The van der Waals surface area contributed by atoms with Gasteiger partial charge in [0.05, 0.1) is 17.0 Å². The Morgan fingerprint density at radius 3 is 2.76 bits per heavy atom. The van der Waals surface area contributed by atoms with Crippen LogP contribution in [-0.2, 0) is 12.1 Å². The molecule has 2 aliphatic rings. The van der Waals surface area contributed by atoms with E-state index in [-0.39, 0.29) is 0 Å². The first-order valence-electron chi connectivity index (χ1n) is 9.21. The Morgan fingerprint density at radius 1 is 1.24 bits per heavy atom. The number of likely N-dealkylation sites (N-methyl/N-ethyl adjacent to an activating group) is 1. The fourth-order valence-corrected chi connectivity index (χ4v) is 3.77. The lowest BCUT2D eigenvalue weighted by Gasteiger charge is -2.37. The van der Waals surface area contributed by atoms with Crippen molar-refractivity contribution in [1.29, 1.82) is 0 Å². The van der Waals surface area contributed by atoms with E-state index in [0.29, 0.717) is 6.04 Å². The quantitative estimate of drug-likeness (QED) is 0.876. The maximum absolute atomic E-state index is 10.6. The molecule has 0 radical (unpaired) electrons. The zero-order valence-electron chi connectivity index (χ0n) is 14.8. The number of nitrogens with zero attached hydrogens (tertiary/aromatic N) is 3. The van der Waals surface area contributed by atoms with Gasteiger partial charge in [-0.05, 0) is 63.0 Å². The second-order valence-electron chi connectivity index (χ2n) is 7.44. The molecule has 1 atom stereocenters. The predicted octanol–water partition coefficient (Wildman–Crippen LogP) is 2.31. The normalized spacial score (nSPS) is 22.1. The zero-order chi connectivity index (χ0) is 17.3. The van der Waals surface area contributed by atoms with Gasteiger partial charge in [-0.25, -0.2) is 0 Å². The van der Waals surface area contributed by atoms with Crippen LogP contribution in [0.3, 0.4) is 0 Å². The molecule has 1 aliphatic heterocycles. The third-order valence-corrected chi connectivity index (χ3v) is 5.67. The first-order chi connectivity index (χ1) is 12.1. The summed E-state index contributed by atoms with van der Waals surface area (Å²) in [4.78, 5) is 2.34. The summed E-state index contributed by atoms with van der Waals surface area (Å²) in [6.07, 6.45) is 3.99. The largest absolute Gasteiger partial charge is 0.385 e. The van der Waals surface area contributed by atoms with E-state index in [2.05, 4.69) is 39.6 Å². The molecule has 4 rings (SSSR count). The molecule has 1 aliphatic carbocycles. The fraction of sp³-hybridized carbons (Fsp3) is 0.500. The highest BCUT2D eigenvalue weighted by Gasteiger charge is 2.36. The van der Waals surface area contributed by atoms with Gasteiger partial charge in [-0.1, -0.05) is 18.2 Å². The molecule has 25 heavy (non-hydrogen) atoms. The molecule has 1 saturated heterocycles. The van der Waals surface area contributed by atoms with Crippen molar-refractivity contribution in [2.45, 2.75) is 43.9 Å². The molecule has 0 amide bonds. The molecule has 1 saturated carbocycles. The Morgan fingerprint density at radius 2 is 2.12 bits per heavy atom. The number of aromatic nitrogens is 2. The molecule has 0 bridgehead atoms. The number of rotatable bonds is 5. The van der Waals surface area contributed by atoms with Crippen LogP contribution in [0.5, 0.6) is 0 Å². The van der Waals surface area contributed by atoms with Crippen LogP contribution in [0.4, 0.5) is 0 Å². The maximum atomic E-state index is 10.6. The monoisotopic (exact) mass is 338 g/mol. The van der Waals surface area contributed by atoms with Crippen LogP contribution >= 0.6 is 0 Å². The third-order valence-electron chi connectivity index (χ3n) is 5.67. The smallest absolute Gasteiger partial charge is 0.0929 e. The van der Waals surface area contributed by atoms with Gasteiger partial charge in [0.2, 0.25) is 0 Å². The number of benzene rings is 1. The molecule has 2 N–H and O–H groups in total. The summed E-state index contributed by atoms with van der Waals surface area (Å²) >= 11 is 0. The van der Waals surface area contributed by atoms with Gasteiger partial charge in [-0.2, -0.15) is 10.2 Å². The topological polar surface area (TPSA) is 61.3 Å². The highest BCUT2D eigenvalue weighted by Crippen LogP contribution is 2.41. The lowest BCUT2D eigenvalue weighted by atomic mass is 9.75. The highest BCUT2D eigenvalue weighted by atomic mass is 16.3. The second-order valence-corrected chi connectivity index (χ2v) is 7.44. The summed E-state index contributed by atoms with van der Waals surface area (Å²) < 4.78 is 0. The summed E-state index contributed by atoms with van der Waals surface area (Å²) in [7, 11) is 2.15. The van der Waals surface area contributed by atoms with Gasteiger partial charge in [0.25, 0.3) is 0 Å². The average molecular weight is 338 g/mol. The first kappa shape index (κ1) is 16.6. The summed E-state index contributed by atoms with van der Waals surface area (Å²) in [6.45, 7) is 2.97. The zero-order valence-corrected chi connectivity index (χ0v) is 14.8. The Kier molecular flexibility index (Phi) is 4.54. The van der Waals surface area contributed by atoms with Crippen LogP contribution in [0.1, 0.15) is 36.9 Å². The van der Waals surface area contributed by atoms with Crippen molar-refractivity contribution in [3.05, 3.63) is 47.7 Å². The van der Waals surface area contributed by atoms with Crippen molar-refractivity contribution in [3.8, 4) is 11.3 Å². The number of aliphatic hydroxyl groups is 1. The van der Waals surface area contributed by atoms with Gasteiger partial charge in [0, 0.05) is 24.7 Å². The lowest BCUT2D eigenvalue weighted by Crippen LogP contribution is -2.33.